The molecule has 0 unspecified atom stereocenters. The van der Waals surface area contributed by atoms with Gasteiger partial charge >= 0.3 is 16.8 Å². The Kier molecular flexibility index (Phi) is 24.6. The summed E-state index contributed by atoms with van der Waals surface area (Å²) in [6, 6.07) is 0. The van der Waals surface area contributed by atoms with Crippen LogP contribution in [0.25, 0.3) is 0 Å². The summed E-state index contributed by atoms with van der Waals surface area (Å²) in [5.74, 6) is 0. The molecule has 4 nitrogen and oxygen atoms in total. The average molecular weight is 153 g/mol. The Hall–Kier alpha value is 0.0834. The summed E-state index contributed by atoms with van der Waals surface area (Å²) < 4.78 is 8.52. The van der Waals surface area contributed by atoms with Crippen molar-refractivity contribution in [2.75, 3.05) is 0 Å². The minimum atomic E-state index is -3.63. The summed E-state index contributed by atoms with van der Waals surface area (Å²) in [7, 11) is -3.63. The van der Waals surface area contributed by atoms with Crippen LogP contribution in [-0.2, 0) is 21.2 Å². The van der Waals surface area contributed by atoms with Gasteiger partial charge in [-0.25, -0.2) is 0 Å². The van der Waals surface area contributed by atoms with E-state index in [2.05, 4.69) is 0 Å². The molecule has 1 radical (unpaired) electrons. The first-order chi connectivity index (χ1) is 1.73. The van der Waals surface area contributed by atoms with Gasteiger partial charge in [0, 0.05) is 9.17 Å². The molecular formula is H2CoO4Si. The van der Waals surface area contributed by atoms with E-state index in [9.17, 15) is 0 Å². The van der Waals surface area contributed by atoms with E-state index in [1.54, 1.807) is 0 Å². The Labute approximate surface area is 46.2 Å². The van der Waals surface area contributed by atoms with Gasteiger partial charge in [0.25, 0.3) is 0 Å². The third-order valence-electron chi connectivity index (χ3n) is 0. The maximum absolute atomic E-state index is 8.52. The van der Waals surface area contributed by atoms with Gasteiger partial charge in [-0.05, 0) is 0 Å². The molecule has 0 saturated carbocycles. The number of hydrogen-bond acceptors (Lipinski definition) is 3. The number of rotatable bonds is 0. The van der Waals surface area contributed by atoms with Gasteiger partial charge in [-0.15, -0.1) is 0 Å². The standard InChI is InChI=1S/Co.O3Si.H2O/c;1-4(2)3;/h;;1H2/q+2;-2;. The molecule has 0 aliphatic carbocycles. The quantitative estimate of drug-likeness (QED) is 0.335. The molecule has 0 aromatic carbocycles. The molecule has 0 aromatic rings. The first kappa shape index (κ1) is 16.5. The molecule has 0 amide bonds. The second kappa shape index (κ2) is 8.92. The SMILES string of the molecule is O.O=[Si]([O-])[O-].[Co+2]. The van der Waals surface area contributed by atoms with E-state index in [0.29, 0.717) is 0 Å². The molecule has 0 bridgehead atoms. The van der Waals surface area contributed by atoms with E-state index >= 15 is 0 Å². The van der Waals surface area contributed by atoms with Crippen molar-refractivity contribution >= 4 is 9.17 Å². The molecule has 0 aliphatic heterocycles. The third kappa shape index (κ3) is 5580. The number of hydrogen-bond donors (Lipinski definition) is 0. The summed E-state index contributed by atoms with van der Waals surface area (Å²) in [5, 5.41) is 0. The van der Waals surface area contributed by atoms with Crippen LogP contribution in [-0.4, -0.2) is 14.6 Å². The second-order valence-corrected chi connectivity index (χ2v) is 0.750. The van der Waals surface area contributed by atoms with Crippen LogP contribution in [0.15, 0.2) is 0 Å². The molecule has 0 rings (SSSR count). The van der Waals surface area contributed by atoms with Crippen molar-refractivity contribution in [3.8, 4) is 0 Å². The van der Waals surface area contributed by atoms with Crippen molar-refractivity contribution in [2.24, 2.45) is 0 Å². The van der Waals surface area contributed by atoms with Gasteiger partial charge in [0.15, 0.2) is 0 Å². The maximum atomic E-state index is 8.52. The third-order valence-corrected chi connectivity index (χ3v) is 0. The zero-order valence-corrected chi connectivity index (χ0v) is 4.60. The van der Waals surface area contributed by atoms with Crippen molar-refractivity contribution in [2.45, 2.75) is 0 Å². The van der Waals surface area contributed by atoms with Crippen LogP contribution in [0.2, 0.25) is 0 Å². The fourth-order valence-electron chi connectivity index (χ4n) is 0. The Morgan fingerprint density at radius 3 is 1.33 bits per heavy atom. The largest absolute Gasteiger partial charge is 2.00 e. The van der Waals surface area contributed by atoms with Crippen molar-refractivity contribution < 1.29 is 36.3 Å². The monoisotopic (exact) mass is 153 g/mol. The van der Waals surface area contributed by atoms with Crippen molar-refractivity contribution in [3.05, 3.63) is 0 Å². The molecule has 0 fully saturated rings. The molecule has 0 saturated heterocycles. The van der Waals surface area contributed by atoms with E-state index in [0.717, 1.165) is 0 Å². The molecule has 0 atom stereocenters. The zero-order valence-electron chi connectivity index (χ0n) is 2.56. The summed E-state index contributed by atoms with van der Waals surface area (Å²) in [5.41, 5.74) is 0. The van der Waals surface area contributed by atoms with Crippen LogP contribution in [0.5, 0.6) is 0 Å². The Morgan fingerprint density at radius 1 is 1.33 bits per heavy atom. The van der Waals surface area contributed by atoms with Gasteiger partial charge in [0.05, 0.1) is 0 Å². The molecule has 39 valence electrons. The Bertz CT molecular complexity index is 30.5. The normalized spacial score (nSPS) is 4.00. The Balaban J connectivity index is -0.0000000450. The van der Waals surface area contributed by atoms with E-state index in [4.69, 9.17) is 14.1 Å². The first-order valence-electron chi connectivity index (χ1n) is 0.612. The van der Waals surface area contributed by atoms with Crippen LogP contribution >= 0.6 is 0 Å². The molecule has 2 N–H and O–H groups in total. The van der Waals surface area contributed by atoms with Crippen LogP contribution < -0.4 is 9.59 Å². The minimum Gasteiger partial charge on any atom is -0.672 e. The van der Waals surface area contributed by atoms with Gasteiger partial charge in [0.2, 0.25) is 0 Å². The van der Waals surface area contributed by atoms with Crippen molar-refractivity contribution in [1.82, 2.24) is 0 Å². The second-order valence-electron chi connectivity index (χ2n) is 0.250. The van der Waals surface area contributed by atoms with Crippen LogP contribution in [0.3, 0.4) is 0 Å². The van der Waals surface area contributed by atoms with Crippen molar-refractivity contribution in [1.29, 1.82) is 0 Å². The first-order valence-corrected chi connectivity index (χ1v) is 1.84. The molecule has 0 aliphatic rings. The smallest absolute Gasteiger partial charge is 0.672 e. The topological polar surface area (TPSA) is 94.7 Å². The van der Waals surface area contributed by atoms with Gasteiger partial charge in [-0.3, -0.25) is 0 Å². The zero-order chi connectivity index (χ0) is 3.58. The predicted molar refractivity (Wildman–Crippen MR) is 10.1 cm³/mol. The van der Waals surface area contributed by atoms with E-state index in [1.165, 1.54) is 0 Å². The summed E-state index contributed by atoms with van der Waals surface area (Å²) >= 11 is 0. The average Bonchev–Trinajstić information content (AvgIpc) is 0.811. The molecule has 0 spiro atoms. The molecule has 6 heavy (non-hydrogen) atoms. The Morgan fingerprint density at radius 2 is 1.33 bits per heavy atom. The molecule has 6 heteroatoms. The van der Waals surface area contributed by atoms with Gasteiger partial charge in [-0.2, -0.15) is 0 Å². The minimum absolute atomic E-state index is 0. The van der Waals surface area contributed by atoms with Crippen LogP contribution in [0.4, 0.5) is 0 Å². The van der Waals surface area contributed by atoms with Gasteiger partial charge in [0.1, 0.15) is 0 Å². The van der Waals surface area contributed by atoms with E-state index in [-0.39, 0.29) is 22.3 Å². The molecule has 0 aromatic heterocycles. The molecule has 0 heterocycles. The van der Waals surface area contributed by atoms with Crippen LogP contribution in [0.1, 0.15) is 0 Å². The van der Waals surface area contributed by atoms with Crippen LogP contribution in [0, 0.1) is 0 Å². The van der Waals surface area contributed by atoms with Gasteiger partial charge in [-0.1, -0.05) is 0 Å². The molecular weight excluding hydrogens is 151 g/mol. The van der Waals surface area contributed by atoms with E-state index < -0.39 is 9.17 Å². The van der Waals surface area contributed by atoms with Gasteiger partial charge < -0.3 is 19.5 Å². The predicted octanol–water partition coefficient (Wildman–Crippen LogP) is -3.70. The summed E-state index contributed by atoms with van der Waals surface area (Å²) in [6.45, 7) is 0. The summed E-state index contributed by atoms with van der Waals surface area (Å²) in [6.07, 6.45) is 0. The maximum Gasteiger partial charge on any atom is 2.00 e. The fraction of sp³-hybridized carbons (Fsp3) is 0. The fourth-order valence-corrected chi connectivity index (χ4v) is 0. The van der Waals surface area contributed by atoms with Crippen molar-refractivity contribution in [3.63, 3.8) is 0 Å². The van der Waals surface area contributed by atoms with E-state index in [1.807, 2.05) is 0 Å². The summed E-state index contributed by atoms with van der Waals surface area (Å²) in [4.78, 5) is 17.0.